The molecule has 1 aromatic rings. The van der Waals surface area contributed by atoms with E-state index in [2.05, 4.69) is 34.5 Å². The number of nitrogens with one attached hydrogen (secondary N) is 2. The molecule has 0 aliphatic rings. The Hall–Kier alpha value is -1.42. The van der Waals surface area contributed by atoms with E-state index < -0.39 is 0 Å². The third-order valence-corrected chi connectivity index (χ3v) is 2.79. The minimum absolute atomic E-state index is 0. The van der Waals surface area contributed by atoms with E-state index in [-0.39, 0.29) is 24.0 Å². The summed E-state index contributed by atoms with van der Waals surface area (Å²) in [4.78, 5) is 4.49. The number of guanidine groups is 1. The average molecular weight is 401 g/mol. The molecule has 0 unspecified atom stereocenters. The monoisotopic (exact) mass is 401 g/mol. The van der Waals surface area contributed by atoms with E-state index in [4.69, 9.17) is 11.2 Å². The average Bonchev–Trinajstić information content (AvgIpc) is 2.45. The molecule has 116 valence electrons. The highest BCUT2D eigenvalue weighted by atomic mass is 127. The smallest absolute Gasteiger partial charge is 0.192 e. The van der Waals surface area contributed by atoms with E-state index in [1.165, 1.54) is 11.1 Å². The van der Waals surface area contributed by atoms with Crippen molar-refractivity contribution in [3.8, 4) is 18.1 Å². The molecule has 0 amide bonds. The maximum atomic E-state index is 5.36. The van der Waals surface area contributed by atoms with Crippen molar-refractivity contribution in [2.45, 2.75) is 20.3 Å². The van der Waals surface area contributed by atoms with Gasteiger partial charge in [0.25, 0.3) is 0 Å². The third-order valence-electron chi connectivity index (χ3n) is 2.79. The second-order valence-electron chi connectivity index (χ2n) is 4.38. The summed E-state index contributed by atoms with van der Waals surface area (Å²) in [5, 5.41) is 6.22. The molecule has 0 atom stereocenters. The molecule has 0 radical (unpaired) electrons. The van der Waals surface area contributed by atoms with Crippen molar-refractivity contribution < 1.29 is 4.74 Å². The molecule has 0 aromatic heterocycles. The van der Waals surface area contributed by atoms with Crippen molar-refractivity contribution in [1.82, 2.24) is 10.6 Å². The summed E-state index contributed by atoms with van der Waals surface area (Å²) in [5.74, 6) is 4.20. The number of aliphatic imine (C=N–C) groups is 1. The van der Waals surface area contributed by atoms with E-state index in [0.717, 1.165) is 24.7 Å². The quantitative estimate of drug-likeness (QED) is 0.333. The molecule has 0 fully saturated rings. The highest BCUT2D eigenvalue weighted by Crippen LogP contribution is 2.19. The number of nitrogens with zero attached hydrogens (tertiary/aromatic N) is 1. The zero-order valence-electron chi connectivity index (χ0n) is 12.9. The first-order valence-electron chi connectivity index (χ1n) is 6.80. The number of halogens is 1. The maximum absolute atomic E-state index is 5.36. The van der Waals surface area contributed by atoms with Gasteiger partial charge in [-0.25, -0.2) is 0 Å². The first-order valence-corrected chi connectivity index (χ1v) is 6.80. The largest absolute Gasteiger partial charge is 0.496 e. The molecule has 4 nitrogen and oxygen atoms in total. The Bertz CT molecular complexity index is 495. The highest BCUT2D eigenvalue weighted by Gasteiger charge is 2.03. The molecule has 0 heterocycles. The Morgan fingerprint density at radius 1 is 1.38 bits per heavy atom. The van der Waals surface area contributed by atoms with Gasteiger partial charge in [-0.05, 0) is 31.9 Å². The van der Waals surface area contributed by atoms with Crippen LogP contribution in [0.5, 0.6) is 5.75 Å². The number of methoxy groups -OCH3 is 1. The van der Waals surface area contributed by atoms with Crippen LogP contribution in [0.2, 0.25) is 0 Å². The van der Waals surface area contributed by atoms with Gasteiger partial charge in [0, 0.05) is 13.1 Å². The summed E-state index contributed by atoms with van der Waals surface area (Å²) in [7, 11) is 1.69. The molecule has 0 aliphatic carbocycles. The highest BCUT2D eigenvalue weighted by molar-refractivity contribution is 14.0. The van der Waals surface area contributed by atoms with Gasteiger partial charge in [-0.3, -0.25) is 4.99 Å². The fourth-order valence-corrected chi connectivity index (χ4v) is 1.87. The SMILES string of the molecule is C#CCNC(=NCCc1cc(C)ccc1OC)NCC.I. The van der Waals surface area contributed by atoms with E-state index >= 15 is 0 Å². The normalized spacial score (nSPS) is 10.3. The molecule has 1 rings (SSSR count). The molecule has 1 aromatic carbocycles. The summed E-state index contributed by atoms with van der Waals surface area (Å²) in [6.07, 6.45) is 6.07. The van der Waals surface area contributed by atoms with Gasteiger partial charge in [0.15, 0.2) is 5.96 Å². The Kier molecular flexibility index (Phi) is 10.5. The standard InChI is InChI=1S/C16H23N3O.HI/c1-5-10-18-16(17-6-2)19-11-9-14-12-13(3)7-8-15(14)20-4;/h1,7-8,12H,6,9-11H2,2-4H3,(H2,17,18,19);1H. The number of rotatable bonds is 6. The van der Waals surface area contributed by atoms with Crippen LogP contribution in [0.25, 0.3) is 0 Å². The number of aryl methyl sites for hydroxylation is 1. The molecule has 0 spiro atoms. The summed E-state index contributed by atoms with van der Waals surface area (Å²) in [5.41, 5.74) is 2.39. The van der Waals surface area contributed by atoms with Crippen LogP contribution >= 0.6 is 24.0 Å². The van der Waals surface area contributed by atoms with Crippen molar-refractivity contribution in [2.24, 2.45) is 4.99 Å². The second-order valence-corrected chi connectivity index (χ2v) is 4.38. The molecule has 5 heteroatoms. The van der Waals surface area contributed by atoms with Crippen LogP contribution in [0.1, 0.15) is 18.1 Å². The Morgan fingerprint density at radius 2 is 2.14 bits per heavy atom. The van der Waals surface area contributed by atoms with Gasteiger partial charge in [-0.15, -0.1) is 30.4 Å². The number of benzene rings is 1. The Balaban J connectivity index is 0.00000400. The lowest BCUT2D eigenvalue weighted by Crippen LogP contribution is -2.37. The Labute approximate surface area is 144 Å². The van der Waals surface area contributed by atoms with Crippen molar-refractivity contribution in [1.29, 1.82) is 0 Å². The molecule has 0 saturated carbocycles. The summed E-state index contributed by atoms with van der Waals surface area (Å²) >= 11 is 0. The fourth-order valence-electron chi connectivity index (χ4n) is 1.87. The van der Waals surface area contributed by atoms with Gasteiger partial charge in [-0.2, -0.15) is 0 Å². The predicted octanol–water partition coefficient (Wildman–Crippen LogP) is 2.35. The minimum Gasteiger partial charge on any atom is -0.496 e. The van der Waals surface area contributed by atoms with Gasteiger partial charge >= 0.3 is 0 Å². The summed E-state index contributed by atoms with van der Waals surface area (Å²) < 4.78 is 5.36. The van der Waals surface area contributed by atoms with Gasteiger partial charge < -0.3 is 15.4 Å². The number of terminal acetylenes is 1. The molecule has 0 saturated heterocycles. The van der Waals surface area contributed by atoms with Crippen molar-refractivity contribution in [3.05, 3.63) is 29.3 Å². The van der Waals surface area contributed by atoms with E-state index in [1.54, 1.807) is 7.11 Å². The second kappa shape index (κ2) is 11.3. The molecular formula is C16H24IN3O. The lowest BCUT2D eigenvalue weighted by Gasteiger charge is -2.10. The van der Waals surface area contributed by atoms with Crippen molar-refractivity contribution in [3.63, 3.8) is 0 Å². The molecular weight excluding hydrogens is 377 g/mol. The number of ether oxygens (including phenoxy) is 1. The van der Waals surface area contributed by atoms with E-state index in [0.29, 0.717) is 13.1 Å². The topological polar surface area (TPSA) is 45.7 Å². The van der Waals surface area contributed by atoms with Crippen LogP contribution in [-0.2, 0) is 6.42 Å². The molecule has 0 aliphatic heterocycles. The maximum Gasteiger partial charge on any atom is 0.192 e. The van der Waals surface area contributed by atoms with Gasteiger partial charge in [0.2, 0.25) is 0 Å². The first-order chi connectivity index (χ1) is 9.71. The first kappa shape index (κ1) is 19.6. The molecule has 0 bridgehead atoms. The number of hydrogen-bond acceptors (Lipinski definition) is 2. The van der Waals surface area contributed by atoms with Crippen LogP contribution in [0, 0.1) is 19.3 Å². The van der Waals surface area contributed by atoms with Crippen LogP contribution in [0.3, 0.4) is 0 Å². The van der Waals surface area contributed by atoms with Crippen LogP contribution in [-0.4, -0.2) is 32.7 Å². The van der Waals surface area contributed by atoms with Gasteiger partial charge in [0.05, 0.1) is 13.7 Å². The third kappa shape index (κ3) is 7.23. The fraction of sp³-hybridized carbons (Fsp3) is 0.438. The lowest BCUT2D eigenvalue weighted by atomic mass is 10.1. The van der Waals surface area contributed by atoms with E-state index in [1.807, 2.05) is 19.1 Å². The van der Waals surface area contributed by atoms with Gasteiger partial charge in [-0.1, -0.05) is 23.6 Å². The van der Waals surface area contributed by atoms with Crippen molar-refractivity contribution >= 4 is 29.9 Å². The lowest BCUT2D eigenvalue weighted by molar-refractivity contribution is 0.409. The predicted molar refractivity (Wildman–Crippen MR) is 99.7 cm³/mol. The number of hydrogen-bond donors (Lipinski definition) is 2. The Morgan fingerprint density at radius 3 is 2.76 bits per heavy atom. The van der Waals surface area contributed by atoms with Crippen molar-refractivity contribution in [2.75, 3.05) is 26.7 Å². The zero-order chi connectivity index (χ0) is 14.8. The van der Waals surface area contributed by atoms with Crippen LogP contribution in [0.4, 0.5) is 0 Å². The summed E-state index contributed by atoms with van der Waals surface area (Å²) in [6, 6.07) is 6.18. The van der Waals surface area contributed by atoms with Crippen LogP contribution < -0.4 is 15.4 Å². The van der Waals surface area contributed by atoms with Crippen LogP contribution in [0.15, 0.2) is 23.2 Å². The summed E-state index contributed by atoms with van der Waals surface area (Å²) in [6.45, 7) is 6.06. The zero-order valence-corrected chi connectivity index (χ0v) is 15.2. The van der Waals surface area contributed by atoms with E-state index in [9.17, 15) is 0 Å². The molecule has 2 N–H and O–H groups in total. The minimum atomic E-state index is 0. The van der Waals surface area contributed by atoms with Gasteiger partial charge in [0.1, 0.15) is 5.75 Å². The molecule has 21 heavy (non-hydrogen) atoms.